The van der Waals surface area contributed by atoms with Crippen molar-refractivity contribution in [3.05, 3.63) is 22.2 Å². The van der Waals surface area contributed by atoms with Gasteiger partial charge in [0, 0.05) is 6.07 Å². The van der Waals surface area contributed by atoms with Gasteiger partial charge in [-0.15, -0.1) is 0 Å². The number of nitro groups is 1. The van der Waals surface area contributed by atoms with Crippen LogP contribution in [0.5, 0.6) is 17.2 Å². The fraction of sp³-hybridized carbons (Fsp3) is 0.333. The molecule has 0 atom stereocenters. The lowest BCUT2D eigenvalue weighted by Crippen LogP contribution is -1.98. The van der Waals surface area contributed by atoms with E-state index in [1.807, 2.05) is 0 Å². The summed E-state index contributed by atoms with van der Waals surface area (Å²) >= 11 is 0. The quantitative estimate of drug-likeness (QED) is 0.557. The molecule has 1 radical (unpaired) electrons. The lowest BCUT2D eigenvalue weighted by molar-refractivity contribution is -0.386. The summed E-state index contributed by atoms with van der Waals surface area (Å²) in [4.78, 5) is 10.2. The third-order valence-electron chi connectivity index (χ3n) is 1.77. The predicted molar refractivity (Wildman–Crippen MR) is 51.6 cm³/mol. The molecule has 1 rings (SSSR count). The molecule has 0 aliphatic heterocycles. The Morgan fingerprint density at radius 2 is 1.93 bits per heavy atom. The monoisotopic (exact) mass is 212 g/mol. The minimum atomic E-state index is -0.590. The minimum absolute atomic E-state index is 0.0174. The molecule has 0 amide bonds. The van der Waals surface area contributed by atoms with Crippen LogP contribution in [0.1, 0.15) is 0 Å². The average Bonchev–Trinajstić information content (AvgIpc) is 2.26. The summed E-state index contributed by atoms with van der Waals surface area (Å²) in [5.41, 5.74) is -0.263. The first-order chi connectivity index (χ1) is 7.13. The second-order valence-corrected chi connectivity index (χ2v) is 2.55. The average molecular weight is 212 g/mol. The third kappa shape index (κ3) is 2.09. The van der Waals surface area contributed by atoms with Crippen molar-refractivity contribution in [1.29, 1.82) is 0 Å². The van der Waals surface area contributed by atoms with Crippen LogP contribution < -0.4 is 14.2 Å². The molecule has 0 aliphatic rings. The Bertz CT molecular complexity index is 352. The Kier molecular flexibility index (Phi) is 3.33. The summed E-state index contributed by atoms with van der Waals surface area (Å²) in [7, 11) is 4.08. The summed E-state index contributed by atoms with van der Waals surface area (Å²) in [6.07, 6.45) is 0. The number of hydrogen-bond donors (Lipinski definition) is 0. The first kappa shape index (κ1) is 11.1. The first-order valence-corrected chi connectivity index (χ1v) is 4.00. The van der Waals surface area contributed by atoms with E-state index in [1.165, 1.54) is 27.4 Å². The van der Waals surface area contributed by atoms with Crippen LogP contribution in [0.4, 0.5) is 5.69 Å². The smallest absolute Gasteiger partial charge is 0.353 e. The zero-order chi connectivity index (χ0) is 11.4. The van der Waals surface area contributed by atoms with Gasteiger partial charge in [0.15, 0.2) is 0 Å². The number of ether oxygens (including phenoxy) is 3. The molecule has 6 nitrogen and oxygen atoms in total. The first-order valence-electron chi connectivity index (χ1n) is 4.00. The molecule has 0 saturated heterocycles. The van der Waals surface area contributed by atoms with Gasteiger partial charge in [-0.2, -0.15) is 0 Å². The highest BCUT2D eigenvalue weighted by Crippen LogP contribution is 2.39. The van der Waals surface area contributed by atoms with Crippen LogP contribution >= 0.6 is 0 Å². The summed E-state index contributed by atoms with van der Waals surface area (Å²) < 4.78 is 14.6. The lowest BCUT2D eigenvalue weighted by Gasteiger charge is -2.07. The topological polar surface area (TPSA) is 70.8 Å². The van der Waals surface area contributed by atoms with E-state index >= 15 is 0 Å². The maximum Gasteiger partial charge on any atom is 0.353 e. The molecule has 0 aliphatic carbocycles. The van der Waals surface area contributed by atoms with Crippen molar-refractivity contribution < 1.29 is 19.1 Å². The van der Waals surface area contributed by atoms with E-state index in [2.05, 4.69) is 6.07 Å². The van der Waals surface area contributed by atoms with Gasteiger partial charge < -0.3 is 14.2 Å². The molecule has 6 heteroatoms. The van der Waals surface area contributed by atoms with Gasteiger partial charge in [-0.3, -0.25) is 10.1 Å². The van der Waals surface area contributed by atoms with Crippen molar-refractivity contribution >= 4 is 5.69 Å². The zero-order valence-electron chi connectivity index (χ0n) is 8.57. The molecule has 0 spiro atoms. The summed E-state index contributed by atoms with van der Waals surface area (Å²) in [6, 6.07) is 3.98. The maximum absolute atomic E-state index is 10.7. The molecule has 1 aromatic carbocycles. The van der Waals surface area contributed by atoms with Crippen molar-refractivity contribution in [2.75, 3.05) is 21.3 Å². The Labute approximate surface area is 86.5 Å². The number of methoxy groups -OCH3 is 3. The lowest BCUT2D eigenvalue weighted by atomic mass is 10.2. The number of hydrogen-bond acceptors (Lipinski definition) is 5. The summed E-state index contributed by atoms with van der Waals surface area (Å²) in [6.45, 7) is 0. The summed E-state index contributed by atoms with van der Waals surface area (Å²) in [5, 5.41) is 10.7. The van der Waals surface area contributed by atoms with Gasteiger partial charge in [0.2, 0.25) is 11.5 Å². The molecular formula is C9H10NO5. The molecule has 0 N–H and O–H groups in total. The van der Waals surface area contributed by atoms with Crippen LogP contribution in [0.2, 0.25) is 0 Å². The number of nitro benzene ring substituents is 1. The Hall–Kier alpha value is -1.98. The summed E-state index contributed by atoms with van der Waals surface area (Å²) in [5.74, 6) is 0.373. The Morgan fingerprint density at radius 3 is 2.33 bits per heavy atom. The maximum atomic E-state index is 10.7. The molecule has 0 saturated carbocycles. The molecule has 0 bridgehead atoms. The molecule has 0 heterocycles. The second-order valence-electron chi connectivity index (χ2n) is 2.55. The standard InChI is InChI=1S/C9H10NO5/c1-13-6-4-7(14-2)9(10(11)12)8(5-6)15-3/h4H,1-3H3. The van der Waals surface area contributed by atoms with Crippen LogP contribution in [0, 0.1) is 16.2 Å². The van der Waals surface area contributed by atoms with Crippen LogP contribution in [-0.4, -0.2) is 26.3 Å². The van der Waals surface area contributed by atoms with Crippen LogP contribution in [0.15, 0.2) is 6.07 Å². The van der Waals surface area contributed by atoms with Crippen molar-refractivity contribution in [2.45, 2.75) is 0 Å². The van der Waals surface area contributed by atoms with Gasteiger partial charge in [0.25, 0.3) is 0 Å². The van der Waals surface area contributed by atoms with Gasteiger partial charge in [0.05, 0.1) is 32.3 Å². The molecule has 0 unspecified atom stereocenters. The van der Waals surface area contributed by atoms with Gasteiger partial charge in [-0.05, 0) is 0 Å². The molecule has 81 valence electrons. The van der Waals surface area contributed by atoms with Gasteiger partial charge in [0.1, 0.15) is 5.75 Å². The SMILES string of the molecule is COc1[c]c(OC)c([N+](=O)[O-])c(OC)c1. The van der Waals surface area contributed by atoms with Crippen molar-refractivity contribution in [2.24, 2.45) is 0 Å². The number of benzene rings is 1. The predicted octanol–water partition coefficient (Wildman–Crippen LogP) is 1.42. The van der Waals surface area contributed by atoms with Crippen molar-refractivity contribution in [3.63, 3.8) is 0 Å². The molecule has 1 aromatic rings. The van der Waals surface area contributed by atoms with E-state index in [4.69, 9.17) is 14.2 Å². The fourth-order valence-corrected chi connectivity index (χ4v) is 1.09. The molecule has 15 heavy (non-hydrogen) atoms. The van der Waals surface area contributed by atoms with Crippen molar-refractivity contribution in [3.8, 4) is 17.2 Å². The van der Waals surface area contributed by atoms with E-state index in [-0.39, 0.29) is 17.2 Å². The Morgan fingerprint density at radius 1 is 1.27 bits per heavy atom. The van der Waals surface area contributed by atoms with Crippen molar-refractivity contribution in [1.82, 2.24) is 0 Å². The second kappa shape index (κ2) is 4.50. The molecule has 0 aromatic heterocycles. The zero-order valence-corrected chi connectivity index (χ0v) is 8.57. The number of nitrogens with zero attached hydrogens (tertiary/aromatic N) is 1. The van der Waals surface area contributed by atoms with E-state index in [1.54, 1.807) is 0 Å². The number of rotatable bonds is 4. The molecular weight excluding hydrogens is 202 g/mol. The van der Waals surface area contributed by atoms with Crippen LogP contribution in [0.3, 0.4) is 0 Å². The van der Waals surface area contributed by atoms with E-state index in [9.17, 15) is 10.1 Å². The van der Waals surface area contributed by atoms with Crippen LogP contribution in [-0.2, 0) is 0 Å². The largest absolute Gasteiger partial charge is 0.496 e. The third-order valence-corrected chi connectivity index (χ3v) is 1.77. The van der Waals surface area contributed by atoms with E-state index in [0.717, 1.165) is 0 Å². The Balaban J connectivity index is 3.39. The highest BCUT2D eigenvalue weighted by atomic mass is 16.6. The van der Waals surface area contributed by atoms with Crippen LogP contribution in [0.25, 0.3) is 0 Å². The van der Waals surface area contributed by atoms with Gasteiger partial charge in [-0.1, -0.05) is 0 Å². The van der Waals surface area contributed by atoms with E-state index in [0.29, 0.717) is 5.75 Å². The minimum Gasteiger partial charge on any atom is -0.496 e. The highest BCUT2D eigenvalue weighted by molar-refractivity contribution is 5.60. The van der Waals surface area contributed by atoms with E-state index < -0.39 is 4.92 Å². The fourth-order valence-electron chi connectivity index (χ4n) is 1.09. The molecule has 0 fully saturated rings. The highest BCUT2D eigenvalue weighted by Gasteiger charge is 2.23. The normalized spacial score (nSPS) is 9.53. The van der Waals surface area contributed by atoms with Gasteiger partial charge >= 0.3 is 5.69 Å². The van der Waals surface area contributed by atoms with Gasteiger partial charge in [-0.25, -0.2) is 0 Å².